The molecular weight excluding hydrogens is 206 g/mol. The zero-order chi connectivity index (χ0) is 12.0. The molecule has 0 bridgehead atoms. The third kappa shape index (κ3) is 3.96. The summed E-state index contributed by atoms with van der Waals surface area (Å²) in [6.45, 7) is 6.40. The normalized spacial score (nSPS) is 11.3. The Bertz CT molecular complexity index is 309. The molecule has 1 rings (SSSR count). The summed E-state index contributed by atoms with van der Waals surface area (Å²) in [5, 5.41) is 17.8. The van der Waals surface area contributed by atoms with Gasteiger partial charge in [-0.1, -0.05) is 0 Å². The lowest BCUT2D eigenvalue weighted by atomic mass is 10.2. The Balaban J connectivity index is 2.56. The van der Waals surface area contributed by atoms with Gasteiger partial charge in [0.2, 0.25) is 0 Å². The van der Waals surface area contributed by atoms with Crippen molar-refractivity contribution in [1.29, 1.82) is 0 Å². The van der Waals surface area contributed by atoms with Gasteiger partial charge in [-0.3, -0.25) is 4.90 Å². The van der Waals surface area contributed by atoms with Gasteiger partial charge in [-0.2, -0.15) is 0 Å². The van der Waals surface area contributed by atoms with Crippen LogP contribution in [0.1, 0.15) is 23.5 Å². The Morgan fingerprint density at radius 1 is 1.19 bits per heavy atom. The van der Waals surface area contributed by atoms with Crippen molar-refractivity contribution in [3.63, 3.8) is 0 Å². The highest BCUT2D eigenvalue weighted by atomic mass is 16.3. The minimum absolute atomic E-state index is 0.140. The Labute approximate surface area is 96.5 Å². The van der Waals surface area contributed by atoms with E-state index in [1.54, 1.807) is 0 Å². The molecule has 0 aromatic carbocycles. The maximum absolute atomic E-state index is 8.96. The quantitative estimate of drug-likeness (QED) is 0.731. The van der Waals surface area contributed by atoms with Crippen molar-refractivity contribution in [3.8, 4) is 0 Å². The van der Waals surface area contributed by atoms with Gasteiger partial charge in [0, 0.05) is 31.8 Å². The van der Waals surface area contributed by atoms with Gasteiger partial charge >= 0.3 is 0 Å². The van der Waals surface area contributed by atoms with Crippen LogP contribution in [-0.4, -0.2) is 41.4 Å². The molecule has 16 heavy (non-hydrogen) atoms. The van der Waals surface area contributed by atoms with Crippen LogP contribution in [0.5, 0.6) is 0 Å². The van der Waals surface area contributed by atoms with Crippen molar-refractivity contribution in [2.45, 2.75) is 26.8 Å². The smallest absolute Gasteiger partial charge is 0.105 e. The van der Waals surface area contributed by atoms with Crippen molar-refractivity contribution in [2.24, 2.45) is 0 Å². The van der Waals surface area contributed by atoms with Crippen LogP contribution in [0, 0.1) is 13.8 Å². The predicted octanol–water partition coefficient (Wildman–Crippen LogP) is 1.07. The van der Waals surface area contributed by atoms with Crippen LogP contribution >= 0.6 is 0 Å². The molecule has 0 saturated carbocycles. The minimum atomic E-state index is 0.140. The summed E-state index contributed by atoms with van der Waals surface area (Å²) in [5.41, 5.74) is 1.16. The number of aliphatic hydroxyl groups is 2. The first-order valence-corrected chi connectivity index (χ1v) is 5.67. The Morgan fingerprint density at radius 2 is 1.94 bits per heavy atom. The molecule has 0 spiro atoms. The predicted molar refractivity (Wildman–Crippen MR) is 62.2 cm³/mol. The highest BCUT2D eigenvalue weighted by Gasteiger charge is 2.10. The number of aliphatic hydroxyl groups excluding tert-OH is 2. The molecule has 0 fully saturated rings. The van der Waals surface area contributed by atoms with Crippen molar-refractivity contribution >= 4 is 0 Å². The average molecular weight is 227 g/mol. The average Bonchev–Trinajstić information content (AvgIpc) is 2.54. The molecule has 92 valence electrons. The first kappa shape index (κ1) is 13.2. The fourth-order valence-corrected chi connectivity index (χ4v) is 1.79. The van der Waals surface area contributed by atoms with Gasteiger partial charge in [0.25, 0.3) is 0 Å². The highest BCUT2D eigenvalue weighted by molar-refractivity contribution is 5.19. The maximum atomic E-state index is 8.96. The SMILES string of the molecule is Cc1cc(CN(CCO)CCCO)c(C)o1. The monoisotopic (exact) mass is 227 g/mol. The standard InChI is InChI=1S/C12H21NO3/c1-10-8-12(11(2)16-10)9-13(5-7-15)4-3-6-14/h8,14-15H,3-7,9H2,1-2H3. The van der Waals surface area contributed by atoms with Crippen LogP contribution < -0.4 is 0 Å². The van der Waals surface area contributed by atoms with Gasteiger partial charge < -0.3 is 14.6 Å². The Hall–Kier alpha value is -0.840. The summed E-state index contributed by atoms with van der Waals surface area (Å²) < 4.78 is 5.46. The van der Waals surface area contributed by atoms with E-state index in [9.17, 15) is 0 Å². The van der Waals surface area contributed by atoms with Gasteiger partial charge in [-0.05, 0) is 26.3 Å². The van der Waals surface area contributed by atoms with E-state index in [4.69, 9.17) is 14.6 Å². The Kier molecular flexibility index (Phi) is 5.52. The molecule has 0 radical (unpaired) electrons. The van der Waals surface area contributed by atoms with E-state index in [2.05, 4.69) is 4.90 Å². The molecule has 4 nitrogen and oxygen atoms in total. The lowest BCUT2D eigenvalue weighted by Crippen LogP contribution is -2.28. The molecule has 0 saturated heterocycles. The molecule has 0 aliphatic carbocycles. The molecule has 1 aromatic rings. The minimum Gasteiger partial charge on any atom is -0.466 e. The molecule has 0 unspecified atom stereocenters. The number of hydrogen-bond donors (Lipinski definition) is 2. The zero-order valence-corrected chi connectivity index (χ0v) is 10.1. The molecule has 0 aliphatic heterocycles. The molecule has 4 heteroatoms. The first-order valence-electron chi connectivity index (χ1n) is 5.67. The molecule has 0 atom stereocenters. The molecule has 2 N–H and O–H groups in total. The van der Waals surface area contributed by atoms with Crippen molar-refractivity contribution in [1.82, 2.24) is 4.90 Å². The molecular formula is C12H21NO3. The van der Waals surface area contributed by atoms with E-state index in [-0.39, 0.29) is 13.2 Å². The van der Waals surface area contributed by atoms with Gasteiger partial charge in [-0.25, -0.2) is 0 Å². The number of rotatable bonds is 7. The second kappa shape index (κ2) is 6.68. The Morgan fingerprint density at radius 3 is 2.44 bits per heavy atom. The topological polar surface area (TPSA) is 56.8 Å². The van der Waals surface area contributed by atoms with Crippen molar-refractivity contribution < 1.29 is 14.6 Å². The summed E-state index contributed by atoms with van der Waals surface area (Å²) in [6, 6.07) is 2.03. The number of nitrogens with zero attached hydrogens (tertiary/aromatic N) is 1. The van der Waals surface area contributed by atoms with E-state index < -0.39 is 0 Å². The summed E-state index contributed by atoms with van der Waals surface area (Å²) in [4.78, 5) is 2.12. The van der Waals surface area contributed by atoms with Gasteiger partial charge in [-0.15, -0.1) is 0 Å². The fourth-order valence-electron chi connectivity index (χ4n) is 1.79. The fraction of sp³-hybridized carbons (Fsp3) is 0.667. The summed E-state index contributed by atoms with van der Waals surface area (Å²) in [7, 11) is 0. The van der Waals surface area contributed by atoms with Crippen LogP contribution in [0.3, 0.4) is 0 Å². The van der Waals surface area contributed by atoms with E-state index in [0.29, 0.717) is 6.54 Å². The highest BCUT2D eigenvalue weighted by Crippen LogP contribution is 2.15. The third-order valence-electron chi connectivity index (χ3n) is 2.59. The van der Waals surface area contributed by atoms with Crippen molar-refractivity contribution in [2.75, 3.05) is 26.3 Å². The number of aryl methyl sites for hydroxylation is 2. The molecule has 1 heterocycles. The van der Waals surface area contributed by atoms with Gasteiger partial charge in [0.1, 0.15) is 11.5 Å². The van der Waals surface area contributed by atoms with Crippen molar-refractivity contribution in [3.05, 3.63) is 23.2 Å². The van der Waals surface area contributed by atoms with E-state index in [0.717, 1.165) is 36.6 Å². The van der Waals surface area contributed by atoms with E-state index in [1.165, 1.54) is 0 Å². The second-order valence-corrected chi connectivity index (χ2v) is 4.02. The molecule has 0 amide bonds. The summed E-state index contributed by atoms with van der Waals surface area (Å²) in [5.74, 6) is 1.85. The van der Waals surface area contributed by atoms with E-state index in [1.807, 2.05) is 19.9 Å². The molecule has 1 aromatic heterocycles. The van der Waals surface area contributed by atoms with Gasteiger partial charge in [0.15, 0.2) is 0 Å². The maximum Gasteiger partial charge on any atom is 0.105 e. The van der Waals surface area contributed by atoms with Gasteiger partial charge in [0.05, 0.1) is 6.61 Å². The first-order chi connectivity index (χ1) is 7.67. The third-order valence-corrected chi connectivity index (χ3v) is 2.59. The van der Waals surface area contributed by atoms with Crippen LogP contribution in [0.15, 0.2) is 10.5 Å². The summed E-state index contributed by atoms with van der Waals surface area (Å²) in [6.07, 6.45) is 0.732. The molecule has 0 aliphatic rings. The summed E-state index contributed by atoms with van der Waals surface area (Å²) >= 11 is 0. The van der Waals surface area contributed by atoms with Crippen LogP contribution in [-0.2, 0) is 6.54 Å². The zero-order valence-electron chi connectivity index (χ0n) is 10.1. The van der Waals surface area contributed by atoms with Crippen LogP contribution in [0.2, 0.25) is 0 Å². The van der Waals surface area contributed by atoms with E-state index >= 15 is 0 Å². The largest absolute Gasteiger partial charge is 0.466 e. The lowest BCUT2D eigenvalue weighted by molar-refractivity contribution is 0.173. The van der Waals surface area contributed by atoms with Crippen LogP contribution in [0.25, 0.3) is 0 Å². The second-order valence-electron chi connectivity index (χ2n) is 4.02. The number of hydrogen-bond acceptors (Lipinski definition) is 4. The van der Waals surface area contributed by atoms with Crippen LogP contribution in [0.4, 0.5) is 0 Å². The lowest BCUT2D eigenvalue weighted by Gasteiger charge is -2.20. The number of furan rings is 1.